The normalized spacial score (nSPS) is 17.1. The molecule has 0 radical (unpaired) electrons. The SMILES string of the molecule is CN(C)c1c(O)cccc1CC1CCCCC1. The first kappa shape index (κ1) is 12.3. The monoisotopic (exact) mass is 233 g/mol. The van der Waals surface area contributed by atoms with Crippen molar-refractivity contribution in [3.8, 4) is 5.75 Å². The summed E-state index contributed by atoms with van der Waals surface area (Å²) in [4.78, 5) is 2.02. The van der Waals surface area contributed by atoms with Gasteiger partial charge in [-0.3, -0.25) is 0 Å². The minimum Gasteiger partial charge on any atom is -0.506 e. The van der Waals surface area contributed by atoms with Crippen molar-refractivity contribution in [3.63, 3.8) is 0 Å². The number of para-hydroxylation sites is 1. The Morgan fingerprint density at radius 1 is 1.18 bits per heavy atom. The van der Waals surface area contributed by atoms with Crippen molar-refractivity contribution in [3.05, 3.63) is 23.8 Å². The molecule has 94 valence electrons. The predicted molar refractivity (Wildman–Crippen MR) is 72.7 cm³/mol. The molecule has 17 heavy (non-hydrogen) atoms. The van der Waals surface area contributed by atoms with Crippen molar-refractivity contribution < 1.29 is 5.11 Å². The van der Waals surface area contributed by atoms with Crippen LogP contribution in [0.25, 0.3) is 0 Å². The van der Waals surface area contributed by atoms with E-state index in [2.05, 4.69) is 6.07 Å². The highest BCUT2D eigenvalue weighted by Crippen LogP contribution is 2.34. The summed E-state index contributed by atoms with van der Waals surface area (Å²) >= 11 is 0. The Hall–Kier alpha value is -1.18. The van der Waals surface area contributed by atoms with Crippen LogP contribution in [-0.2, 0) is 6.42 Å². The predicted octanol–water partition coefficient (Wildman–Crippen LogP) is 3.58. The van der Waals surface area contributed by atoms with E-state index in [9.17, 15) is 5.11 Å². The molecule has 0 spiro atoms. The van der Waals surface area contributed by atoms with Gasteiger partial charge in [-0.15, -0.1) is 0 Å². The number of anilines is 1. The first-order valence-corrected chi connectivity index (χ1v) is 6.66. The average molecular weight is 233 g/mol. The van der Waals surface area contributed by atoms with Gasteiger partial charge in [0.2, 0.25) is 0 Å². The number of aromatic hydroxyl groups is 1. The molecule has 0 unspecified atom stereocenters. The quantitative estimate of drug-likeness (QED) is 0.862. The molecule has 1 saturated carbocycles. The van der Waals surface area contributed by atoms with Gasteiger partial charge in [0.1, 0.15) is 5.75 Å². The van der Waals surface area contributed by atoms with Gasteiger partial charge >= 0.3 is 0 Å². The fourth-order valence-electron chi connectivity index (χ4n) is 2.96. The molecular weight excluding hydrogens is 210 g/mol. The van der Waals surface area contributed by atoms with Gasteiger partial charge < -0.3 is 10.0 Å². The summed E-state index contributed by atoms with van der Waals surface area (Å²) in [5.41, 5.74) is 2.29. The molecule has 2 heteroatoms. The van der Waals surface area contributed by atoms with Crippen LogP contribution in [0.15, 0.2) is 18.2 Å². The fourth-order valence-corrected chi connectivity index (χ4v) is 2.96. The summed E-state index contributed by atoms with van der Waals surface area (Å²) < 4.78 is 0. The van der Waals surface area contributed by atoms with E-state index in [4.69, 9.17) is 0 Å². The molecule has 1 aliphatic carbocycles. The summed E-state index contributed by atoms with van der Waals surface area (Å²) in [5, 5.41) is 9.95. The van der Waals surface area contributed by atoms with Crippen molar-refractivity contribution >= 4 is 5.69 Å². The minimum absolute atomic E-state index is 0.406. The molecule has 1 aromatic carbocycles. The standard InChI is InChI=1S/C15H23NO/c1-16(2)15-13(9-6-10-14(15)17)11-12-7-4-3-5-8-12/h6,9-10,12,17H,3-5,7-8,11H2,1-2H3. The highest BCUT2D eigenvalue weighted by atomic mass is 16.3. The van der Waals surface area contributed by atoms with E-state index in [1.165, 1.54) is 37.7 Å². The molecule has 0 aromatic heterocycles. The van der Waals surface area contributed by atoms with Crippen LogP contribution < -0.4 is 4.90 Å². The van der Waals surface area contributed by atoms with Gasteiger partial charge in [0.25, 0.3) is 0 Å². The van der Waals surface area contributed by atoms with Crippen LogP contribution >= 0.6 is 0 Å². The zero-order valence-electron chi connectivity index (χ0n) is 10.9. The molecule has 1 aromatic rings. The molecular formula is C15H23NO. The van der Waals surface area contributed by atoms with Gasteiger partial charge in [-0.25, -0.2) is 0 Å². The molecule has 0 aliphatic heterocycles. The van der Waals surface area contributed by atoms with E-state index in [0.717, 1.165) is 18.0 Å². The van der Waals surface area contributed by atoms with Crippen molar-refractivity contribution in [1.29, 1.82) is 0 Å². The van der Waals surface area contributed by atoms with Gasteiger partial charge in [0, 0.05) is 14.1 Å². The maximum Gasteiger partial charge on any atom is 0.139 e. The van der Waals surface area contributed by atoms with Crippen LogP contribution in [-0.4, -0.2) is 19.2 Å². The highest BCUT2D eigenvalue weighted by Gasteiger charge is 2.17. The van der Waals surface area contributed by atoms with Crippen LogP contribution in [0.2, 0.25) is 0 Å². The summed E-state index contributed by atoms with van der Waals surface area (Å²) in [7, 11) is 4.00. The maximum absolute atomic E-state index is 9.95. The Kier molecular flexibility index (Phi) is 3.93. The smallest absolute Gasteiger partial charge is 0.139 e. The summed E-state index contributed by atoms with van der Waals surface area (Å²) in [6, 6.07) is 5.89. The number of phenols is 1. The summed E-state index contributed by atoms with van der Waals surface area (Å²) in [6.07, 6.45) is 7.96. The lowest BCUT2D eigenvalue weighted by molar-refractivity contribution is 0.356. The number of phenolic OH excluding ortho intramolecular Hbond substituents is 1. The first-order valence-electron chi connectivity index (χ1n) is 6.66. The van der Waals surface area contributed by atoms with Crippen molar-refractivity contribution in [2.75, 3.05) is 19.0 Å². The maximum atomic E-state index is 9.95. The van der Waals surface area contributed by atoms with Crippen LogP contribution in [0.1, 0.15) is 37.7 Å². The van der Waals surface area contributed by atoms with Crippen molar-refractivity contribution in [1.82, 2.24) is 0 Å². The van der Waals surface area contributed by atoms with E-state index in [1.807, 2.05) is 25.1 Å². The van der Waals surface area contributed by atoms with Gasteiger partial charge in [0.15, 0.2) is 0 Å². The largest absolute Gasteiger partial charge is 0.506 e. The molecule has 0 amide bonds. The van der Waals surface area contributed by atoms with E-state index < -0.39 is 0 Å². The van der Waals surface area contributed by atoms with E-state index >= 15 is 0 Å². The minimum atomic E-state index is 0.406. The second-order valence-corrected chi connectivity index (χ2v) is 5.39. The lowest BCUT2D eigenvalue weighted by atomic mass is 9.84. The van der Waals surface area contributed by atoms with E-state index in [0.29, 0.717) is 5.75 Å². The average Bonchev–Trinajstić information content (AvgIpc) is 2.30. The summed E-state index contributed by atoms with van der Waals surface area (Å²) in [6.45, 7) is 0. The van der Waals surface area contributed by atoms with Crippen LogP contribution in [0.4, 0.5) is 5.69 Å². The molecule has 2 rings (SSSR count). The third kappa shape index (κ3) is 2.93. The molecule has 1 fully saturated rings. The number of benzene rings is 1. The lowest BCUT2D eigenvalue weighted by Crippen LogP contribution is -2.15. The molecule has 1 N–H and O–H groups in total. The van der Waals surface area contributed by atoms with E-state index in [1.54, 1.807) is 6.07 Å². The van der Waals surface area contributed by atoms with Gasteiger partial charge in [-0.1, -0.05) is 44.2 Å². The van der Waals surface area contributed by atoms with Crippen LogP contribution in [0, 0.1) is 5.92 Å². The Morgan fingerprint density at radius 2 is 1.88 bits per heavy atom. The van der Waals surface area contributed by atoms with Crippen molar-refractivity contribution in [2.45, 2.75) is 38.5 Å². The Morgan fingerprint density at radius 3 is 2.53 bits per heavy atom. The molecule has 0 bridgehead atoms. The molecule has 0 atom stereocenters. The topological polar surface area (TPSA) is 23.5 Å². The highest BCUT2D eigenvalue weighted by molar-refractivity contribution is 5.62. The third-order valence-electron chi connectivity index (χ3n) is 3.78. The Balaban J connectivity index is 2.16. The second-order valence-electron chi connectivity index (χ2n) is 5.39. The first-order chi connectivity index (χ1) is 8.18. The Labute approximate surface area is 104 Å². The zero-order valence-corrected chi connectivity index (χ0v) is 10.9. The zero-order chi connectivity index (χ0) is 12.3. The summed E-state index contributed by atoms with van der Waals surface area (Å²) in [5.74, 6) is 1.22. The number of rotatable bonds is 3. The number of hydrogen-bond acceptors (Lipinski definition) is 2. The second kappa shape index (κ2) is 5.44. The number of hydrogen-bond donors (Lipinski definition) is 1. The number of nitrogens with zero attached hydrogens (tertiary/aromatic N) is 1. The molecule has 2 nitrogen and oxygen atoms in total. The van der Waals surface area contributed by atoms with E-state index in [-0.39, 0.29) is 0 Å². The molecule has 0 heterocycles. The van der Waals surface area contributed by atoms with Crippen molar-refractivity contribution in [2.24, 2.45) is 5.92 Å². The third-order valence-corrected chi connectivity index (χ3v) is 3.78. The fraction of sp³-hybridized carbons (Fsp3) is 0.600. The van der Waals surface area contributed by atoms with Gasteiger partial charge in [-0.05, 0) is 24.0 Å². The van der Waals surface area contributed by atoms with Gasteiger partial charge in [-0.2, -0.15) is 0 Å². The van der Waals surface area contributed by atoms with Crippen LogP contribution in [0.5, 0.6) is 5.75 Å². The Bertz CT molecular complexity index is 367. The lowest BCUT2D eigenvalue weighted by Gasteiger charge is -2.25. The van der Waals surface area contributed by atoms with Gasteiger partial charge in [0.05, 0.1) is 5.69 Å². The molecule has 0 saturated heterocycles. The molecule has 1 aliphatic rings. The van der Waals surface area contributed by atoms with Crippen LogP contribution in [0.3, 0.4) is 0 Å².